The van der Waals surface area contributed by atoms with Crippen molar-refractivity contribution >= 4 is 0 Å². The van der Waals surface area contributed by atoms with Crippen molar-refractivity contribution in [3.63, 3.8) is 0 Å². The van der Waals surface area contributed by atoms with Gasteiger partial charge in [-0.3, -0.25) is 4.90 Å². The molecule has 0 amide bonds. The van der Waals surface area contributed by atoms with Crippen molar-refractivity contribution in [1.29, 1.82) is 0 Å². The van der Waals surface area contributed by atoms with Crippen LogP contribution in [0.5, 0.6) is 0 Å². The molecule has 0 unspecified atom stereocenters. The van der Waals surface area contributed by atoms with Crippen molar-refractivity contribution in [1.82, 2.24) is 14.7 Å². The lowest BCUT2D eigenvalue weighted by atomic mass is 9.85. The third-order valence-electron chi connectivity index (χ3n) is 5.30. The van der Waals surface area contributed by atoms with Crippen molar-refractivity contribution in [2.45, 2.75) is 31.4 Å². The molecule has 0 radical (unpaired) electrons. The van der Waals surface area contributed by atoms with Gasteiger partial charge in [-0.05, 0) is 30.5 Å². The van der Waals surface area contributed by atoms with Crippen LogP contribution in [0.2, 0.25) is 0 Å². The zero-order valence-corrected chi connectivity index (χ0v) is 15.3. The number of nitrogens with zero attached hydrogens (tertiary/aromatic N) is 3. The van der Waals surface area contributed by atoms with Gasteiger partial charge in [0.05, 0.1) is 11.8 Å². The number of benzene rings is 2. The second kappa shape index (κ2) is 7.62. The van der Waals surface area contributed by atoms with Crippen molar-refractivity contribution in [3.8, 4) is 5.69 Å². The SMILES string of the molecule is OC1(Cc2ccccc2)CCN(Cc2cnn(-c3ccccc3F)c2)CC1. The summed E-state index contributed by atoms with van der Waals surface area (Å²) in [6, 6.07) is 16.8. The third kappa shape index (κ3) is 4.26. The highest BCUT2D eigenvalue weighted by Crippen LogP contribution is 2.27. The molecule has 140 valence electrons. The van der Waals surface area contributed by atoms with Crippen LogP contribution in [0.1, 0.15) is 24.0 Å². The number of halogens is 1. The van der Waals surface area contributed by atoms with Crippen LogP contribution >= 0.6 is 0 Å². The van der Waals surface area contributed by atoms with E-state index in [-0.39, 0.29) is 5.82 Å². The molecule has 0 atom stereocenters. The Morgan fingerprint density at radius 1 is 0.963 bits per heavy atom. The maximum atomic E-state index is 13.9. The Labute approximate surface area is 158 Å². The fourth-order valence-electron chi connectivity index (χ4n) is 3.75. The van der Waals surface area contributed by atoms with Gasteiger partial charge in [-0.15, -0.1) is 0 Å². The van der Waals surface area contributed by atoms with Gasteiger partial charge in [0.15, 0.2) is 0 Å². The van der Waals surface area contributed by atoms with Gasteiger partial charge in [-0.25, -0.2) is 9.07 Å². The van der Waals surface area contributed by atoms with Crippen LogP contribution < -0.4 is 0 Å². The quantitative estimate of drug-likeness (QED) is 0.751. The summed E-state index contributed by atoms with van der Waals surface area (Å²) in [4.78, 5) is 2.32. The molecular formula is C22H24FN3O. The molecule has 4 nitrogen and oxygen atoms in total. The van der Waals surface area contributed by atoms with Gasteiger partial charge >= 0.3 is 0 Å². The van der Waals surface area contributed by atoms with E-state index < -0.39 is 5.60 Å². The van der Waals surface area contributed by atoms with Crippen LogP contribution in [0.3, 0.4) is 0 Å². The molecule has 5 heteroatoms. The first-order chi connectivity index (χ1) is 13.1. The Bertz CT molecular complexity index is 885. The van der Waals surface area contributed by atoms with E-state index in [2.05, 4.69) is 22.1 Å². The summed E-state index contributed by atoms with van der Waals surface area (Å²) in [5.41, 5.74) is 2.06. The molecule has 27 heavy (non-hydrogen) atoms. The molecule has 1 saturated heterocycles. The van der Waals surface area contributed by atoms with Gasteiger partial charge in [0.1, 0.15) is 11.5 Å². The Hall–Kier alpha value is -2.50. The molecule has 4 rings (SSSR count). The van der Waals surface area contributed by atoms with Gasteiger partial charge in [-0.1, -0.05) is 42.5 Å². The first kappa shape index (κ1) is 17.9. The van der Waals surface area contributed by atoms with E-state index in [0.29, 0.717) is 12.1 Å². The first-order valence-corrected chi connectivity index (χ1v) is 9.38. The Kier molecular flexibility index (Phi) is 5.05. The lowest BCUT2D eigenvalue weighted by Crippen LogP contribution is -2.45. The molecule has 1 aromatic heterocycles. The highest BCUT2D eigenvalue weighted by Gasteiger charge is 2.32. The molecule has 3 aromatic rings. The van der Waals surface area contributed by atoms with E-state index in [1.807, 2.05) is 24.4 Å². The van der Waals surface area contributed by atoms with Gasteiger partial charge in [0.2, 0.25) is 0 Å². The zero-order chi connectivity index (χ0) is 18.7. The molecule has 0 saturated carbocycles. The number of aliphatic hydroxyl groups is 1. The van der Waals surface area contributed by atoms with E-state index in [1.165, 1.54) is 11.6 Å². The summed E-state index contributed by atoms with van der Waals surface area (Å²) in [5.74, 6) is -0.281. The lowest BCUT2D eigenvalue weighted by Gasteiger charge is -2.38. The molecule has 1 fully saturated rings. The highest BCUT2D eigenvalue weighted by molar-refractivity contribution is 5.33. The fourth-order valence-corrected chi connectivity index (χ4v) is 3.75. The number of aromatic nitrogens is 2. The maximum Gasteiger partial charge on any atom is 0.148 e. The minimum atomic E-state index is -0.630. The van der Waals surface area contributed by atoms with Crippen LogP contribution in [-0.4, -0.2) is 38.5 Å². The second-order valence-corrected chi connectivity index (χ2v) is 7.41. The van der Waals surface area contributed by atoms with E-state index in [1.54, 1.807) is 29.1 Å². The number of piperidine rings is 1. The lowest BCUT2D eigenvalue weighted by molar-refractivity contribution is -0.0224. The Balaban J connectivity index is 1.35. The normalized spacial score (nSPS) is 17.1. The van der Waals surface area contributed by atoms with Gasteiger partial charge < -0.3 is 5.11 Å². The molecular weight excluding hydrogens is 341 g/mol. The molecule has 1 aliphatic rings. The van der Waals surface area contributed by atoms with Gasteiger partial charge in [0, 0.05) is 37.8 Å². The number of likely N-dealkylation sites (tertiary alicyclic amines) is 1. The van der Waals surface area contributed by atoms with Crippen LogP contribution in [0, 0.1) is 5.82 Å². The van der Waals surface area contributed by atoms with Crippen molar-refractivity contribution < 1.29 is 9.50 Å². The largest absolute Gasteiger partial charge is 0.389 e. The number of para-hydroxylation sites is 1. The summed E-state index contributed by atoms with van der Waals surface area (Å²) in [7, 11) is 0. The number of rotatable bonds is 5. The van der Waals surface area contributed by atoms with Crippen LogP contribution in [0.4, 0.5) is 4.39 Å². The van der Waals surface area contributed by atoms with Crippen molar-refractivity contribution in [3.05, 3.63) is 83.9 Å². The van der Waals surface area contributed by atoms with E-state index >= 15 is 0 Å². The number of hydrogen-bond acceptors (Lipinski definition) is 3. The highest BCUT2D eigenvalue weighted by atomic mass is 19.1. The molecule has 1 aliphatic heterocycles. The van der Waals surface area contributed by atoms with Crippen LogP contribution in [0.25, 0.3) is 5.69 Å². The zero-order valence-electron chi connectivity index (χ0n) is 15.3. The van der Waals surface area contributed by atoms with Crippen molar-refractivity contribution in [2.75, 3.05) is 13.1 Å². The van der Waals surface area contributed by atoms with E-state index in [0.717, 1.165) is 38.0 Å². The summed E-state index contributed by atoms with van der Waals surface area (Å²) in [6.45, 7) is 2.44. The topological polar surface area (TPSA) is 41.3 Å². The summed E-state index contributed by atoms with van der Waals surface area (Å²) < 4.78 is 15.5. The minimum absolute atomic E-state index is 0.281. The summed E-state index contributed by atoms with van der Waals surface area (Å²) in [5, 5.41) is 15.2. The van der Waals surface area contributed by atoms with Gasteiger partial charge in [-0.2, -0.15) is 5.10 Å². The average Bonchev–Trinajstić information content (AvgIpc) is 3.13. The smallest absolute Gasteiger partial charge is 0.148 e. The molecule has 2 aromatic carbocycles. The molecule has 0 spiro atoms. The Morgan fingerprint density at radius 2 is 1.67 bits per heavy atom. The summed E-state index contributed by atoms with van der Waals surface area (Å²) >= 11 is 0. The molecule has 2 heterocycles. The third-order valence-corrected chi connectivity index (χ3v) is 5.30. The predicted molar refractivity (Wildman–Crippen MR) is 103 cm³/mol. The maximum absolute atomic E-state index is 13.9. The summed E-state index contributed by atoms with van der Waals surface area (Å²) in [6.07, 6.45) is 5.87. The number of hydrogen-bond donors (Lipinski definition) is 1. The van der Waals surface area contributed by atoms with E-state index in [9.17, 15) is 9.50 Å². The molecule has 0 bridgehead atoms. The molecule has 0 aliphatic carbocycles. The standard InChI is InChI=1S/C22H24FN3O/c23-20-8-4-5-9-21(20)26-17-19(15-24-26)16-25-12-10-22(27,11-13-25)14-18-6-2-1-3-7-18/h1-9,15,17,27H,10-14,16H2. The van der Waals surface area contributed by atoms with Crippen LogP contribution in [0.15, 0.2) is 67.0 Å². The average molecular weight is 365 g/mol. The van der Waals surface area contributed by atoms with Crippen LogP contribution in [-0.2, 0) is 13.0 Å². The first-order valence-electron chi connectivity index (χ1n) is 9.38. The van der Waals surface area contributed by atoms with Crippen molar-refractivity contribution in [2.24, 2.45) is 0 Å². The Morgan fingerprint density at radius 3 is 2.41 bits per heavy atom. The van der Waals surface area contributed by atoms with E-state index in [4.69, 9.17) is 0 Å². The monoisotopic (exact) mass is 365 g/mol. The fraction of sp³-hybridized carbons (Fsp3) is 0.318. The predicted octanol–water partition coefficient (Wildman–Crippen LogP) is 3.58. The van der Waals surface area contributed by atoms with Gasteiger partial charge in [0.25, 0.3) is 0 Å². The minimum Gasteiger partial charge on any atom is -0.389 e. The second-order valence-electron chi connectivity index (χ2n) is 7.41. The molecule has 1 N–H and O–H groups in total.